The van der Waals surface area contributed by atoms with Crippen molar-refractivity contribution in [2.45, 2.75) is 25.3 Å². The lowest BCUT2D eigenvalue weighted by Gasteiger charge is -2.16. The van der Waals surface area contributed by atoms with Gasteiger partial charge in [-0.3, -0.25) is 9.59 Å². The number of para-hydroxylation sites is 1. The number of ether oxygens (including phenoxy) is 1. The number of benzene rings is 2. The molecule has 2 N–H and O–H groups in total. The van der Waals surface area contributed by atoms with Crippen LogP contribution in [0.3, 0.4) is 0 Å². The molecule has 2 aromatic heterocycles. The van der Waals surface area contributed by atoms with Gasteiger partial charge in [0.25, 0.3) is 5.91 Å². The summed E-state index contributed by atoms with van der Waals surface area (Å²) in [5.74, 6) is 0.0945. The lowest BCUT2D eigenvalue weighted by atomic mass is 10.1. The molecule has 1 aliphatic rings. The lowest BCUT2D eigenvalue weighted by molar-refractivity contribution is -0.122. The van der Waals surface area contributed by atoms with E-state index >= 15 is 0 Å². The fourth-order valence-corrected chi connectivity index (χ4v) is 4.20. The summed E-state index contributed by atoms with van der Waals surface area (Å²) >= 11 is 0. The third kappa shape index (κ3) is 4.22. The molecule has 0 spiro atoms. The predicted molar refractivity (Wildman–Crippen MR) is 129 cm³/mol. The van der Waals surface area contributed by atoms with Gasteiger partial charge in [-0.25, -0.2) is 9.50 Å². The van der Waals surface area contributed by atoms with E-state index < -0.39 is 11.9 Å². The first-order valence-electron chi connectivity index (χ1n) is 11.3. The number of carbonyl (C=O) groups excluding carboxylic acids is 2. The van der Waals surface area contributed by atoms with Crippen LogP contribution in [-0.2, 0) is 4.79 Å². The molecule has 1 aliphatic heterocycles. The molecule has 0 aliphatic carbocycles. The van der Waals surface area contributed by atoms with Crippen LogP contribution < -0.4 is 15.4 Å². The second kappa shape index (κ2) is 9.35. The largest absolute Gasteiger partial charge is 0.496 e. The third-order valence-electron chi connectivity index (χ3n) is 5.95. The molecular weight excluding hydrogens is 430 g/mol. The Morgan fingerprint density at radius 1 is 1.09 bits per heavy atom. The number of amides is 2. The summed E-state index contributed by atoms with van der Waals surface area (Å²) in [6, 6.07) is 20.3. The highest BCUT2D eigenvalue weighted by Crippen LogP contribution is 2.31. The zero-order valence-corrected chi connectivity index (χ0v) is 18.8. The number of rotatable bonds is 5. The molecule has 2 amide bonds. The van der Waals surface area contributed by atoms with E-state index in [0.29, 0.717) is 30.1 Å². The van der Waals surface area contributed by atoms with E-state index in [4.69, 9.17) is 9.84 Å². The fourth-order valence-electron chi connectivity index (χ4n) is 4.20. The maximum Gasteiger partial charge on any atom is 0.270 e. The van der Waals surface area contributed by atoms with Gasteiger partial charge in [0, 0.05) is 23.7 Å². The first-order valence-corrected chi connectivity index (χ1v) is 11.3. The molecule has 8 nitrogen and oxygen atoms in total. The normalized spacial score (nSPS) is 16.0. The topological polar surface area (TPSA) is 97.6 Å². The van der Waals surface area contributed by atoms with Crippen molar-refractivity contribution in [2.75, 3.05) is 13.7 Å². The summed E-state index contributed by atoms with van der Waals surface area (Å²) in [5.41, 5.74) is 3.87. The van der Waals surface area contributed by atoms with E-state index in [-0.39, 0.29) is 11.6 Å². The molecule has 3 heterocycles. The number of hydrogen-bond acceptors (Lipinski definition) is 5. The van der Waals surface area contributed by atoms with Crippen LogP contribution in [-0.4, -0.2) is 46.1 Å². The van der Waals surface area contributed by atoms with Gasteiger partial charge in [0.05, 0.1) is 18.5 Å². The van der Waals surface area contributed by atoms with Crippen LogP contribution in [0.5, 0.6) is 5.75 Å². The molecule has 1 unspecified atom stereocenters. The highest BCUT2D eigenvalue weighted by atomic mass is 16.5. The molecule has 0 radical (unpaired) electrons. The summed E-state index contributed by atoms with van der Waals surface area (Å²) in [4.78, 5) is 30.2. The second-order valence-electron chi connectivity index (χ2n) is 8.21. The number of fused-ring (bicyclic) bond motifs is 1. The second-order valence-corrected chi connectivity index (χ2v) is 8.21. The minimum absolute atomic E-state index is 0.160. The van der Waals surface area contributed by atoms with Crippen molar-refractivity contribution >= 4 is 17.5 Å². The Bertz CT molecular complexity index is 1350. The third-order valence-corrected chi connectivity index (χ3v) is 5.95. The predicted octanol–water partition coefficient (Wildman–Crippen LogP) is 3.47. The van der Waals surface area contributed by atoms with Crippen LogP contribution >= 0.6 is 0 Å². The van der Waals surface area contributed by atoms with E-state index in [1.807, 2.05) is 60.7 Å². The summed E-state index contributed by atoms with van der Waals surface area (Å²) in [6.45, 7) is 0.630. The Labute approximate surface area is 197 Å². The van der Waals surface area contributed by atoms with Gasteiger partial charge in [-0.1, -0.05) is 42.5 Å². The van der Waals surface area contributed by atoms with Crippen molar-refractivity contribution in [1.82, 2.24) is 25.2 Å². The summed E-state index contributed by atoms with van der Waals surface area (Å²) in [6.07, 6.45) is 2.37. The van der Waals surface area contributed by atoms with Crippen molar-refractivity contribution in [3.8, 4) is 28.3 Å². The molecular formula is C26H25N5O3. The lowest BCUT2D eigenvalue weighted by Crippen LogP contribution is -2.45. The van der Waals surface area contributed by atoms with Gasteiger partial charge in [-0.2, -0.15) is 5.10 Å². The van der Waals surface area contributed by atoms with Crippen LogP contribution in [0.25, 0.3) is 28.2 Å². The highest BCUT2D eigenvalue weighted by molar-refractivity contribution is 5.97. The van der Waals surface area contributed by atoms with E-state index in [1.165, 1.54) is 0 Å². The van der Waals surface area contributed by atoms with E-state index in [1.54, 1.807) is 17.7 Å². The Kier molecular flexibility index (Phi) is 5.95. The van der Waals surface area contributed by atoms with Gasteiger partial charge >= 0.3 is 0 Å². The van der Waals surface area contributed by atoms with Crippen LogP contribution in [0.1, 0.15) is 29.8 Å². The van der Waals surface area contributed by atoms with Crippen molar-refractivity contribution in [3.63, 3.8) is 0 Å². The van der Waals surface area contributed by atoms with Gasteiger partial charge in [-0.05, 0) is 37.5 Å². The maximum atomic E-state index is 13.2. The van der Waals surface area contributed by atoms with Gasteiger partial charge in [-0.15, -0.1) is 0 Å². The van der Waals surface area contributed by atoms with E-state index in [9.17, 15) is 9.59 Å². The minimum atomic E-state index is -0.576. The van der Waals surface area contributed by atoms with Crippen LogP contribution in [0, 0.1) is 0 Å². The van der Waals surface area contributed by atoms with Gasteiger partial charge in [0.15, 0.2) is 5.65 Å². The number of carbonyl (C=O) groups is 2. The van der Waals surface area contributed by atoms with E-state index in [0.717, 1.165) is 29.7 Å². The zero-order chi connectivity index (χ0) is 23.5. The monoisotopic (exact) mass is 455 g/mol. The summed E-state index contributed by atoms with van der Waals surface area (Å²) in [5, 5.41) is 10.5. The van der Waals surface area contributed by atoms with Crippen molar-refractivity contribution in [3.05, 3.63) is 72.4 Å². The van der Waals surface area contributed by atoms with Gasteiger partial charge < -0.3 is 15.4 Å². The number of hydrogen-bond donors (Lipinski definition) is 2. The van der Waals surface area contributed by atoms with Gasteiger partial charge in [0.1, 0.15) is 17.5 Å². The number of nitrogens with one attached hydrogen (secondary N) is 2. The SMILES string of the molecule is COc1ccccc1-c1cc(C(=O)NC2CCCCNC2=O)nc2cc(-c3ccccc3)nn12. The zero-order valence-electron chi connectivity index (χ0n) is 18.8. The molecule has 8 heteroatoms. The molecule has 1 atom stereocenters. The number of aromatic nitrogens is 3. The molecule has 1 fully saturated rings. The Morgan fingerprint density at radius 3 is 2.71 bits per heavy atom. The van der Waals surface area contributed by atoms with Crippen molar-refractivity contribution < 1.29 is 14.3 Å². The molecule has 172 valence electrons. The molecule has 5 rings (SSSR count). The molecule has 0 bridgehead atoms. The molecule has 1 saturated heterocycles. The Hall–Kier alpha value is -4.20. The van der Waals surface area contributed by atoms with Crippen LogP contribution in [0.2, 0.25) is 0 Å². The van der Waals surface area contributed by atoms with Crippen LogP contribution in [0.15, 0.2) is 66.7 Å². The smallest absolute Gasteiger partial charge is 0.270 e. The average molecular weight is 456 g/mol. The molecule has 34 heavy (non-hydrogen) atoms. The van der Waals surface area contributed by atoms with E-state index in [2.05, 4.69) is 15.6 Å². The fraction of sp³-hybridized carbons (Fsp3) is 0.231. The first-order chi connectivity index (χ1) is 16.6. The highest BCUT2D eigenvalue weighted by Gasteiger charge is 2.25. The molecule has 0 saturated carbocycles. The number of methoxy groups -OCH3 is 1. The molecule has 2 aromatic carbocycles. The summed E-state index contributed by atoms with van der Waals surface area (Å²) in [7, 11) is 1.61. The van der Waals surface area contributed by atoms with Crippen LogP contribution in [0.4, 0.5) is 0 Å². The summed E-state index contributed by atoms with van der Waals surface area (Å²) < 4.78 is 7.29. The minimum Gasteiger partial charge on any atom is -0.496 e. The Morgan fingerprint density at radius 2 is 1.88 bits per heavy atom. The van der Waals surface area contributed by atoms with Crippen molar-refractivity contribution in [2.24, 2.45) is 0 Å². The maximum absolute atomic E-state index is 13.2. The number of nitrogens with zero attached hydrogens (tertiary/aromatic N) is 3. The molecule has 4 aromatic rings. The first kappa shape index (κ1) is 21.6. The van der Waals surface area contributed by atoms with Crippen molar-refractivity contribution in [1.29, 1.82) is 0 Å². The average Bonchev–Trinajstić information content (AvgIpc) is 3.21. The van der Waals surface area contributed by atoms with Gasteiger partial charge in [0.2, 0.25) is 5.91 Å². The Balaban J connectivity index is 1.61. The standard InChI is InChI=1S/C26H25N5O3/c1-34-23-13-6-5-11-18(23)22-15-21(26(33)29-19-12-7-8-14-27-25(19)32)28-24-16-20(30-31(22)24)17-9-3-2-4-10-17/h2-6,9-11,13,15-16,19H,7-8,12,14H2,1H3,(H,27,32)(H,29,33). The quantitative estimate of drug-likeness (QED) is 0.480.